The second-order valence-corrected chi connectivity index (χ2v) is 4.12. The number of hydrogen-bond acceptors (Lipinski definition) is 4. The van der Waals surface area contributed by atoms with Crippen LogP contribution in [0.25, 0.3) is 0 Å². The Labute approximate surface area is 103 Å². The summed E-state index contributed by atoms with van der Waals surface area (Å²) in [6.07, 6.45) is -3.55. The highest BCUT2D eigenvalue weighted by molar-refractivity contribution is 5.80. The van der Waals surface area contributed by atoms with Gasteiger partial charge < -0.3 is 9.47 Å². The van der Waals surface area contributed by atoms with E-state index in [1.807, 2.05) is 0 Å². The summed E-state index contributed by atoms with van der Waals surface area (Å²) < 4.78 is 43.7. The number of halogens is 3. The molecule has 0 heterocycles. The van der Waals surface area contributed by atoms with Crippen LogP contribution in [0.4, 0.5) is 13.2 Å². The van der Waals surface area contributed by atoms with E-state index < -0.39 is 36.7 Å². The van der Waals surface area contributed by atoms with Crippen LogP contribution in [0.3, 0.4) is 0 Å². The van der Waals surface area contributed by atoms with Gasteiger partial charge in [-0.2, -0.15) is 13.2 Å². The van der Waals surface area contributed by atoms with Crippen LogP contribution in [-0.4, -0.2) is 31.3 Å². The number of carbonyl (C=O) groups is 2. The largest absolute Gasteiger partial charge is 0.454 e. The molecule has 0 aliphatic rings. The molecule has 7 heteroatoms. The number of ether oxygens (including phenoxy) is 2. The molecule has 0 aromatic carbocycles. The zero-order valence-electron chi connectivity index (χ0n) is 10.6. The first-order valence-electron chi connectivity index (χ1n) is 5.54. The first kappa shape index (κ1) is 16.7. The van der Waals surface area contributed by atoms with Gasteiger partial charge in [0.1, 0.15) is 0 Å². The van der Waals surface area contributed by atoms with Crippen molar-refractivity contribution in [2.45, 2.75) is 39.8 Å². The van der Waals surface area contributed by atoms with Crippen LogP contribution in [-0.2, 0) is 19.1 Å². The average molecular weight is 270 g/mol. The van der Waals surface area contributed by atoms with Crippen LogP contribution in [0.5, 0.6) is 0 Å². The average Bonchev–Trinajstić information content (AvgIpc) is 2.31. The summed E-state index contributed by atoms with van der Waals surface area (Å²) in [6, 6.07) is 0. The molecule has 0 spiro atoms. The van der Waals surface area contributed by atoms with Crippen LogP contribution in [0.1, 0.15) is 33.6 Å². The van der Waals surface area contributed by atoms with Gasteiger partial charge in [-0.3, -0.25) is 4.79 Å². The molecule has 0 atom stereocenters. The molecule has 0 rings (SSSR count). The van der Waals surface area contributed by atoms with Crippen molar-refractivity contribution in [3.05, 3.63) is 0 Å². The topological polar surface area (TPSA) is 52.6 Å². The first-order chi connectivity index (χ1) is 8.14. The fourth-order valence-electron chi connectivity index (χ4n) is 1.04. The predicted octanol–water partition coefficient (Wildman–Crippen LogP) is 2.46. The highest BCUT2D eigenvalue weighted by atomic mass is 19.4. The molecule has 0 saturated heterocycles. The van der Waals surface area contributed by atoms with Crippen molar-refractivity contribution in [1.82, 2.24) is 0 Å². The lowest BCUT2D eigenvalue weighted by molar-refractivity contribution is -0.190. The Bertz CT molecular complexity index is 295. The summed E-state index contributed by atoms with van der Waals surface area (Å²) in [5, 5.41) is 0. The monoisotopic (exact) mass is 270 g/mol. The summed E-state index contributed by atoms with van der Waals surface area (Å²) in [5.41, 5.74) is -0.732. The van der Waals surface area contributed by atoms with Crippen LogP contribution in [0.15, 0.2) is 0 Å². The van der Waals surface area contributed by atoms with Crippen molar-refractivity contribution >= 4 is 11.9 Å². The maximum absolute atomic E-state index is 11.7. The number of alkyl halides is 3. The van der Waals surface area contributed by atoms with Crippen molar-refractivity contribution in [2.24, 2.45) is 5.41 Å². The quantitative estimate of drug-likeness (QED) is 0.696. The molecule has 0 aliphatic heterocycles. The lowest BCUT2D eigenvalue weighted by atomic mass is 9.85. The van der Waals surface area contributed by atoms with Crippen molar-refractivity contribution in [1.29, 1.82) is 0 Å². The summed E-state index contributed by atoms with van der Waals surface area (Å²) in [4.78, 5) is 22.5. The van der Waals surface area contributed by atoms with E-state index in [1.54, 1.807) is 20.8 Å². The van der Waals surface area contributed by atoms with E-state index in [0.29, 0.717) is 12.8 Å². The molecule has 18 heavy (non-hydrogen) atoms. The standard InChI is InChI=1S/C11H17F3O4/c1-4-10(3,5-2)9(16)17-6-8(15)18-7-11(12,13)14/h4-7H2,1-3H3. The minimum absolute atomic E-state index is 0.514. The van der Waals surface area contributed by atoms with Crippen LogP contribution < -0.4 is 0 Å². The minimum atomic E-state index is -4.58. The second kappa shape index (κ2) is 6.61. The Balaban J connectivity index is 4.10. The molecular formula is C11H17F3O4. The van der Waals surface area contributed by atoms with Gasteiger partial charge in [0.05, 0.1) is 5.41 Å². The Morgan fingerprint density at radius 2 is 1.56 bits per heavy atom. The molecule has 0 N–H and O–H groups in total. The second-order valence-electron chi connectivity index (χ2n) is 4.12. The molecule has 0 aromatic rings. The Kier molecular flexibility index (Phi) is 6.14. The number of hydrogen-bond donors (Lipinski definition) is 0. The molecule has 0 unspecified atom stereocenters. The van der Waals surface area contributed by atoms with Crippen molar-refractivity contribution in [2.75, 3.05) is 13.2 Å². The molecule has 0 amide bonds. The molecule has 0 aliphatic carbocycles. The third-order valence-corrected chi connectivity index (χ3v) is 2.77. The van der Waals surface area contributed by atoms with E-state index in [0.717, 1.165) is 0 Å². The van der Waals surface area contributed by atoms with Gasteiger partial charge in [-0.25, -0.2) is 4.79 Å². The van der Waals surface area contributed by atoms with E-state index in [2.05, 4.69) is 9.47 Å². The Morgan fingerprint density at radius 3 is 1.94 bits per heavy atom. The molecule has 4 nitrogen and oxygen atoms in total. The molecular weight excluding hydrogens is 253 g/mol. The fraction of sp³-hybridized carbons (Fsp3) is 0.818. The molecule has 0 radical (unpaired) electrons. The van der Waals surface area contributed by atoms with Gasteiger partial charge in [-0.05, 0) is 19.8 Å². The number of esters is 2. The van der Waals surface area contributed by atoms with Gasteiger partial charge in [0.15, 0.2) is 13.2 Å². The summed E-state index contributed by atoms with van der Waals surface area (Å²) in [6.45, 7) is 2.75. The SMILES string of the molecule is CCC(C)(CC)C(=O)OCC(=O)OCC(F)(F)F. The van der Waals surface area contributed by atoms with Gasteiger partial charge in [-0.1, -0.05) is 13.8 Å². The minimum Gasteiger partial charge on any atom is -0.454 e. The third-order valence-electron chi connectivity index (χ3n) is 2.77. The van der Waals surface area contributed by atoms with Gasteiger partial charge in [0.25, 0.3) is 0 Å². The zero-order valence-corrected chi connectivity index (χ0v) is 10.6. The van der Waals surface area contributed by atoms with E-state index in [9.17, 15) is 22.8 Å². The molecule has 0 bridgehead atoms. The summed E-state index contributed by atoms with van der Waals surface area (Å²) >= 11 is 0. The first-order valence-corrected chi connectivity index (χ1v) is 5.54. The van der Waals surface area contributed by atoms with Crippen LogP contribution in [0.2, 0.25) is 0 Å². The van der Waals surface area contributed by atoms with E-state index in [-0.39, 0.29) is 0 Å². The maximum atomic E-state index is 11.7. The maximum Gasteiger partial charge on any atom is 0.422 e. The Morgan fingerprint density at radius 1 is 1.06 bits per heavy atom. The molecule has 106 valence electrons. The van der Waals surface area contributed by atoms with E-state index in [4.69, 9.17) is 0 Å². The van der Waals surface area contributed by atoms with Crippen molar-refractivity contribution < 1.29 is 32.2 Å². The highest BCUT2D eigenvalue weighted by Crippen LogP contribution is 2.26. The van der Waals surface area contributed by atoms with E-state index >= 15 is 0 Å². The number of carbonyl (C=O) groups excluding carboxylic acids is 2. The lowest BCUT2D eigenvalue weighted by Crippen LogP contribution is -2.31. The van der Waals surface area contributed by atoms with Crippen molar-refractivity contribution in [3.63, 3.8) is 0 Å². The van der Waals surface area contributed by atoms with Gasteiger partial charge in [-0.15, -0.1) is 0 Å². The summed E-state index contributed by atoms with van der Waals surface area (Å²) in [7, 11) is 0. The van der Waals surface area contributed by atoms with E-state index in [1.165, 1.54) is 0 Å². The van der Waals surface area contributed by atoms with Crippen molar-refractivity contribution in [3.8, 4) is 0 Å². The summed E-state index contributed by atoms with van der Waals surface area (Å²) in [5.74, 6) is -1.83. The van der Waals surface area contributed by atoms with Crippen LogP contribution >= 0.6 is 0 Å². The third kappa shape index (κ3) is 5.88. The zero-order chi connectivity index (χ0) is 14.4. The molecule has 0 aromatic heterocycles. The molecule has 0 fully saturated rings. The normalized spacial score (nSPS) is 12.1. The number of rotatable bonds is 6. The predicted molar refractivity (Wildman–Crippen MR) is 56.7 cm³/mol. The van der Waals surface area contributed by atoms with Gasteiger partial charge in [0, 0.05) is 0 Å². The van der Waals surface area contributed by atoms with Crippen LogP contribution in [0, 0.1) is 5.41 Å². The fourth-order valence-corrected chi connectivity index (χ4v) is 1.04. The molecule has 0 saturated carbocycles. The van der Waals surface area contributed by atoms with Gasteiger partial charge >= 0.3 is 18.1 Å². The smallest absolute Gasteiger partial charge is 0.422 e. The Hall–Kier alpha value is -1.27. The lowest BCUT2D eigenvalue weighted by Gasteiger charge is -2.23. The van der Waals surface area contributed by atoms with Gasteiger partial charge in [0.2, 0.25) is 0 Å². The highest BCUT2D eigenvalue weighted by Gasteiger charge is 2.32.